The average Bonchev–Trinajstić information content (AvgIpc) is 2.47. The lowest BCUT2D eigenvalue weighted by atomic mass is 9.98. The Bertz CT molecular complexity index is 616. The minimum absolute atomic E-state index is 0.134. The van der Waals surface area contributed by atoms with Crippen molar-refractivity contribution < 1.29 is 13.2 Å². The Morgan fingerprint density at radius 3 is 2.50 bits per heavy atom. The van der Waals surface area contributed by atoms with Gasteiger partial charge in [-0.05, 0) is 24.3 Å². The van der Waals surface area contributed by atoms with Crippen LogP contribution in [0.25, 0.3) is 0 Å². The topological polar surface area (TPSA) is 57.7 Å². The number of benzene rings is 1. The molecule has 22 heavy (non-hydrogen) atoms. The molecule has 1 aromatic rings. The third kappa shape index (κ3) is 3.87. The minimum atomic E-state index is -3.46. The van der Waals surface area contributed by atoms with E-state index in [-0.39, 0.29) is 5.91 Å². The summed E-state index contributed by atoms with van der Waals surface area (Å²) in [6, 6.07) is 8.32. The molecule has 0 spiro atoms. The van der Waals surface area contributed by atoms with Crippen LogP contribution < -0.4 is 0 Å². The Balaban J connectivity index is 2.34. The van der Waals surface area contributed by atoms with Crippen molar-refractivity contribution in [1.29, 1.82) is 0 Å². The second kappa shape index (κ2) is 6.79. The lowest BCUT2D eigenvalue weighted by molar-refractivity contribution is -0.137. The second-order valence-electron chi connectivity index (χ2n) is 6.12. The predicted molar refractivity (Wildman–Crippen MR) is 86.8 cm³/mol. The first kappa shape index (κ1) is 17.0. The fourth-order valence-corrected chi connectivity index (χ4v) is 3.49. The smallest absolute Gasteiger partial charge is 0.245 e. The summed E-state index contributed by atoms with van der Waals surface area (Å²) in [7, 11) is -1.99. The summed E-state index contributed by atoms with van der Waals surface area (Å²) in [4.78, 5) is 14.8. The molecule has 1 fully saturated rings. The van der Waals surface area contributed by atoms with E-state index in [2.05, 4.69) is 6.92 Å². The highest BCUT2D eigenvalue weighted by Crippen LogP contribution is 2.26. The number of likely N-dealkylation sites (N-methyl/N-ethyl adjacent to an activating group) is 1. The summed E-state index contributed by atoms with van der Waals surface area (Å²) < 4.78 is 25.1. The number of amides is 1. The van der Waals surface area contributed by atoms with Crippen LogP contribution in [-0.4, -0.2) is 49.9 Å². The van der Waals surface area contributed by atoms with E-state index in [1.54, 1.807) is 17.0 Å². The van der Waals surface area contributed by atoms with Crippen LogP contribution in [0.15, 0.2) is 30.3 Å². The van der Waals surface area contributed by atoms with E-state index in [9.17, 15) is 13.2 Å². The Hall–Kier alpha value is -1.40. The molecule has 1 aromatic carbocycles. The predicted octanol–water partition coefficient (Wildman–Crippen LogP) is 1.88. The van der Waals surface area contributed by atoms with Gasteiger partial charge < -0.3 is 4.90 Å². The molecule has 1 saturated heterocycles. The molecule has 0 radical (unpaired) electrons. The second-order valence-corrected chi connectivity index (χ2v) is 8.17. The highest BCUT2D eigenvalue weighted by molar-refractivity contribution is 7.88. The van der Waals surface area contributed by atoms with Crippen molar-refractivity contribution >= 4 is 15.9 Å². The van der Waals surface area contributed by atoms with Crippen LogP contribution >= 0.6 is 0 Å². The Kier molecular flexibility index (Phi) is 5.24. The van der Waals surface area contributed by atoms with Crippen molar-refractivity contribution in [3.8, 4) is 0 Å². The molecule has 2 atom stereocenters. The molecule has 0 bridgehead atoms. The van der Waals surface area contributed by atoms with Crippen LogP contribution in [0.1, 0.15) is 31.4 Å². The van der Waals surface area contributed by atoms with Crippen LogP contribution in [-0.2, 0) is 14.8 Å². The number of sulfonamides is 1. The zero-order valence-corrected chi connectivity index (χ0v) is 14.2. The van der Waals surface area contributed by atoms with Gasteiger partial charge in [0.1, 0.15) is 6.04 Å². The quantitative estimate of drug-likeness (QED) is 0.850. The highest BCUT2D eigenvalue weighted by Gasteiger charge is 2.35. The monoisotopic (exact) mass is 324 g/mol. The van der Waals surface area contributed by atoms with Crippen LogP contribution in [0.2, 0.25) is 0 Å². The van der Waals surface area contributed by atoms with Gasteiger partial charge in [0.2, 0.25) is 15.9 Å². The zero-order valence-electron chi connectivity index (χ0n) is 13.4. The van der Waals surface area contributed by atoms with Crippen molar-refractivity contribution in [2.24, 2.45) is 5.92 Å². The van der Waals surface area contributed by atoms with E-state index < -0.39 is 16.1 Å². The number of piperidine rings is 1. The van der Waals surface area contributed by atoms with Crippen molar-refractivity contribution in [1.82, 2.24) is 9.21 Å². The van der Waals surface area contributed by atoms with Gasteiger partial charge >= 0.3 is 0 Å². The van der Waals surface area contributed by atoms with Gasteiger partial charge in [0.15, 0.2) is 0 Å². The Morgan fingerprint density at radius 2 is 1.95 bits per heavy atom. The number of hydrogen-bond donors (Lipinski definition) is 0. The molecule has 1 amide bonds. The SMILES string of the molecule is C[C@H]1CCCN(C(=O)[C@H](c2ccccc2)N(C)S(C)(=O)=O)C1. The summed E-state index contributed by atoms with van der Waals surface area (Å²) in [6.07, 6.45) is 3.22. The minimum Gasteiger partial charge on any atom is -0.341 e. The molecule has 0 N–H and O–H groups in total. The molecule has 1 aliphatic heterocycles. The largest absolute Gasteiger partial charge is 0.341 e. The van der Waals surface area contributed by atoms with Gasteiger partial charge in [-0.25, -0.2) is 8.42 Å². The lowest BCUT2D eigenvalue weighted by Gasteiger charge is -2.36. The van der Waals surface area contributed by atoms with Crippen LogP contribution in [0, 0.1) is 5.92 Å². The summed E-state index contributed by atoms with van der Waals surface area (Å²) in [5, 5.41) is 0. The molecule has 122 valence electrons. The van der Waals surface area contributed by atoms with E-state index in [1.165, 1.54) is 11.4 Å². The number of rotatable bonds is 4. The van der Waals surface area contributed by atoms with Crippen molar-refractivity contribution in [2.75, 3.05) is 26.4 Å². The molecule has 6 heteroatoms. The first-order chi connectivity index (χ1) is 10.3. The Labute approximate surface area is 133 Å². The third-order valence-electron chi connectivity index (χ3n) is 4.20. The van der Waals surface area contributed by atoms with Gasteiger partial charge in [0, 0.05) is 20.1 Å². The number of carbonyl (C=O) groups excluding carboxylic acids is 1. The fourth-order valence-electron chi connectivity index (χ4n) is 2.90. The molecule has 0 unspecified atom stereocenters. The maximum absolute atomic E-state index is 13.0. The lowest BCUT2D eigenvalue weighted by Crippen LogP contribution is -2.46. The van der Waals surface area contributed by atoms with E-state index >= 15 is 0 Å². The molecular weight excluding hydrogens is 300 g/mol. The fraction of sp³-hybridized carbons (Fsp3) is 0.562. The highest BCUT2D eigenvalue weighted by atomic mass is 32.2. The number of nitrogens with zero attached hydrogens (tertiary/aromatic N) is 2. The van der Waals surface area contributed by atoms with Gasteiger partial charge in [-0.3, -0.25) is 4.79 Å². The van der Waals surface area contributed by atoms with Crippen molar-refractivity contribution in [2.45, 2.75) is 25.8 Å². The first-order valence-corrected chi connectivity index (χ1v) is 9.42. The maximum Gasteiger partial charge on any atom is 0.245 e. The number of hydrogen-bond acceptors (Lipinski definition) is 3. The molecule has 0 aromatic heterocycles. The summed E-state index contributed by atoms with van der Waals surface area (Å²) >= 11 is 0. The average molecular weight is 324 g/mol. The third-order valence-corrected chi connectivity index (χ3v) is 5.46. The van der Waals surface area contributed by atoms with Gasteiger partial charge in [0.25, 0.3) is 0 Å². The molecule has 0 aliphatic carbocycles. The molecule has 5 nitrogen and oxygen atoms in total. The van der Waals surface area contributed by atoms with Crippen LogP contribution in [0.3, 0.4) is 0 Å². The molecule has 1 heterocycles. The summed E-state index contributed by atoms with van der Waals surface area (Å²) in [5.74, 6) is 0.323. The molecular formula is C16H24N2O3S. The molecule has 0 saturated carbocycles. The maximum atomic E-state index is 13.0. The zero-order chi connectivity index (χ0) is 16.3. The normalized spacial score (nSPS) is 20.9. The number of likely N-dealkylation sites (tertiary alicyclic amines) is 1. The van der Waals surface area contributed by atoms with Crippen molar-refractivity contribution in [3.05, 3.63) is 35.9 Å². The van der Waals surface area contributed by atoms with E-state index in [4.69, 9.17) is 0 Å². The van der Waals surface area contributed by atoms with E-state index in [0.717, 1.165) is 19.1 Å². The van der Waals surface area contributed by atoms with Crippen molar-refractivity contribution in [3.63, 3.8) is 0 Å². The molecule has 2 rings (SSSR count). The van der Waals surface area contributed by atoms with Gasteiger partial charge in [-0.1, -0.05) is 37.3 Å². The van der Waals surface area contributed by atoms with E-state index in [0.29, 0.717) is 24.6 Å². The molecule has 1 aliphatic rings. The van der Waals surface area contributed by atoms with Gasteiger partial charge in [-0.2, -0.15) is 4.31 Å². The van der Waals surface area contributed by atoms with Crippen LogP contribution in [0.5, 0.6) is 0 Å². The van der Waals surface area contributed by atoms with Gasteiger partial charge in [-0.15, -0.1) is 0 Å². The number of carbonyl (C=O) groups is 1. The van der Waals surface area contributed by atoms with Crippen LogP contribution in [0.4, 0.5) is 0 Å². The van der Waals surface area contributed by atoms with E-state index in [1.807, 2.05) is 18.2 Å². The summed E-state index contributed by atoms with van der Waals surface area (Å²) in [6.45, 7) is 3.51. The van der Waals surface area contributed by atoms with Gasteiger partial charge in [0.05, 0.1) is 6.26 Å². The Morgan fingerprint density at radius 1 is 1.32 bits per heavy atom. The first-order valence-electron chi connectivity index (χ1n) is 7.57. The summed E-state index contributed by atoms with van der Waals surface area (Å²) in [5.41, 5.74) is 0.707. The standard InChI is InChI=1S/C16H24N2O3S/c1-13-8-7-11-18(12-13)16(19)15(17(2)22(3,20)21)14-9-5-4-6-10-14/h4-6,9-10,13,15H,7-8,11-12H2,1-3H3/t13-,15-/m0/s1.